The zero-order chi connectivity index (χ0) is 17.0. The number of hydroxylamine groups is 3. The van der Waals surface area contributed by atoms with E-state index in [1.165, 1.54) is 4.90 Å². The molecule has 2 bridgehead atoms. The van der Waals surface area contributed by atoms with Crippen LogP contribution in [0.3, 0.4) is 0 Å². The molecule has 2 saturated heterocycles. The number of carbonyl (C=O) groups excluding carboxylic acids is 2. The van der Waals surface area contributed by atoms with Crippen LogP contribution in [-0.4, -0.2) is 60.1 Å². The van der Waals surface area contributed by atoms with Crippen LogP contribution in [0.5, 0.6) is 0 Å². The number of urea groups is 1. The summed E-state index contributed by atoms with van der Waals surface area (Å²) in [7, 11) is -4.79. The molecule has 0 saturated carbocycles. The van der Waals surface area contributed by atoms with E-state index >= 15 is 0 Å². The Morgan fingerprint density at radius 3 is 2.78 bits per heavy atom. The van der Waals surface area contributed by atoms with Gasteiger partial charge in [0.25, 0.3) is 5.91 Å². The van der Waals surface area contributed by atoms with Crippen LogP contribution in [0.25, 0.3) is 0 Å². The average molecular weight is 351 g/mol. The van der Waals surface area contributed by atoms with Crippen molar-refractivity contribution >= 4 is 22.3 Å². The van der Waals surface area contributed by atoms with Crippen molar-refractivity contribution in [3.63, 3.8) is 0 Å². The summed E-state index contributed by atoms with van der Waals surface area (Å²) in [6, 6.07) is -2.03. The Balaban J connectivity index is 1.89. The van der Waals surface area contributed by atoms with Gasteiger partial charge in [0, 0.05) is 6.54 Å². The first kappa shape index (κ1) is 17.9. The van der Waals surface area contributed by atoms with E-state index in [1.807, 2.05) is 0 Å². The summed E-state index contributed by atoms with van der Waals surface area (Å²) in [5.74, 6) is -0.456. The van der Waals surface area contributed by atoms with Crippen molar-refractivity contribution in [1.82, 2.24) is 15.4 Å². The number of fused-ring (bicyclic) bond motifs is 2. The highest BCUT2D eigenvalue weighted by atomic mass is 32.3. The number of rotatable bonds is 8. The van der Waals surface area contributed by atoms with Gasteiger partial charge in [-0.15, -0.1) is 4.28 Å². The van der Waals surface area contributed by atoms with Crippen molar-refractivity contribution < 1.29 is 31.7 Å². The van der Waals surface area contributed by atoms with Crippen LogP contribution < -0.4 is 5.48 Å². The summed E-state index contributed by atoms with van der Waals surface area (Å²) in [6.45, 7) is 2.60. The van der Waals surface area contributed by atoms with Gasteiger partial charge in [0.05, 0.1) is 12.6 Å². The van der Waals surface area contributed by atoms with E-state index < -0.39 is 34.4 Å². The molecule has 10 nitrogen and oxygen atoms in total. The molecular weight excluding hydrogens is 330 g/mol. The van der Waals surface area contributed by atoms with Gasteiger partial charge in [-0.2, -0.15) is 13.5 Å². The molecule has 23 heavy (non-hydrogen) atoms. The van der Waals surface area contributed by atoms with Gasteiger partial charge < -0.3 is 4.90 Å². The van der Waals surface area contributed by atoms with Crippen LogP contribution in [0.15, 0.2) is 0 Å². The average Bonchev–Trinajstić information content (AvgIpc) is 2.71. The summed E-state index contributed by atoms with van der Waals surface area (Å²) >= 11 is 0. The lowest BCUT2D eigenvalue weighted by molar-refractivity contribution is -0.139. The highest BCUT2D eigenvalue weighted by Gasteiger charge is 2.49. The second kappa shape index (κ2) is 7.43. The maximum atomic E-state index is 12.1. The Labute approximate surface area is 134 Å². The molecule has 2 aliphatic heterocycles. The van der Waals surface area contributed by atoms with Crippen molar-refractivity contribution in [3.05, 3.63) is 0 Å². The zero-order valence-corrected chi connectivity index (χ0v) is 13.6. The number of hydrogen-bond donors (Lipinski definition) is 2. The molecule has 0 aliphatic carbocycles. The van der Waals surface area contributed by atoms with Crippen molar-refractivity contribution in [2.24, 2.45) is 0 Å². The lowest BCUT2D eigenvalue weighted by Crippen LogP contribution is -2.49. The van der Waals surface area contributed by atoms with E-state index in [2.05, 4.69) is 16.7 Å². The van der Waals surface area contributed by atoms with E-state index in [0.717, 1.165) is 19.3 Å². The minimum Gasteiger partial charge on any atom is -0.309 e. The third-order valence-electron chi connectivity index (χ3n) is 3.82. The van der Waals surface area contributed by atoms with E-state index in [9.17, 15) is 18.0 Å². The molecule has 0 aromatic rings. The van der Waals surface area contributed by atoms with Crippen LogP contribution >= 0.6 is 0 Å². The first-order valence-corrected chi connectivity index (χ1v) is 8.88. The number of amides is 3. The molecule has 0 unspecified atom stereocenters. The molecule has 11 heteroatoms. The fraction of sp³-hybridized carbons (Fsp3) is 0.833. The molecule has 0 aromatic heterocycles. The second-order valence-electron chi connectivity index (χ2n) is 5.53. The third kappa shape index (κ3) is 4.53. The molecule has 132 valence electrons. The number of nitrogens with zero attached hydrogens (tertiary/aromatic N) is 2. The molecule has 3 amide bonds. The van der Waals surface area contributed by atoms with Gasteiger partial charge in [0.1, 0.15) is 6.04 Å². The molecule has 2 atom stereocenters. The highest BCUT2D eigenvalue weighted by Crippen LogP contribution is 2.30. The van der Waals surface area contributed by atoms with Gasteiger partial charge in [0.15, 0.2) is 0 Å². The van der Waals surface area contributed by atoms with Crippen LogP contribution in [0.1, 0.15) is 39.0 Å². The summed E-state index contributed by atoms with van der Waals surface area (Å²) in [5.41, 5.74) is 2.32. The molecule has 2 rings (SSSR count). The largest absolute Gasteiger partial charge is 0.418 e. The monoisotopic (exact) mass is 351 g/mol. The highest BCUT2D eigenvalue weighted by molar-refractivity contribution is 7.80. The quantitative estimate of drug-likeness (QED) is 0.364. The molecular formula is C12H21N3O7S. The van der Waals surface area contributed by atoms with E-state index in [0.29, 0.717) is 24.5 Å². The predicted octanol–water partition coefficient (Wildman–Crippen LogP) is 0.227. The van der Waals surface area contributed by atoms with Gasteiger partial charge in [0.2, 0.25) is 0 Å². The topological polar surface area (TPSA) is 125 Å². The van der Waals surface area contributed by atoms with Gasteiger partial charge in [-0.05, 0) is 19.3 Å². The molecule has 2 N–H and O–H groups in total. The van der Waals surface area contributed by atoms with E-state index in [1.54, 1.807) is 0 Å². The van der Waals surface area contributed by atoms with Gasteiger partial charge in [-0.1, -0.05) is 19.8 Å². The Bertz CT molecular complexity index is 553. The Kier molecular flexibility index (Phi) is 5.79. The first-order valence-electron chi connectivity index (χ1n) is 7.52. The maximum Gasteiger partial charge on any atom is 0.418 e. The van der Waals surface area contributed by atoms with E-state index in [-0.39, 0.29) is 6.54 Å². The van der Waals surface area contributed by atoms with Crippen LogP contribution in [0.4, 0.5) is 4.79 Å². The smallest absolute Gasteiger partial charge is 0.309 e. The van der Waals surface area contributed by atoms with E-state index in [4.69, 9.17) is 9.39 Å². The van der Waals surface area contributed by atoms with Crippen LogP contribution in [-0.2, 0) is 24.3 Å². The van der Waals surface area contributed by atoms with Crippen LogP contribution in [0, 0.1) is 0 Å². The molecule has 0 spiro atoms. The Morgan fingerprint density at radius 1 is 1.39 bits per heavy atom. The fourth-order valence-electron chi connectivity index (χ4n) is 2.72. The normalized spacial score (nSPS) is 24.2. The van der Waals surface area contributed by atoms with Crippen molar-refractivity contribution in [2.75, 3.05) is 13.2 Å². The van der Waals surface area contributed by atoms with Crippen LogP contribution in [0.2, 0.25) is 0 Å². The molecule has 0 aromatic carbocycles. The summed E-state index contributed by atoms with van der Waals surface area (Å²) < 4.78 is 34.6. The minimum atomic E-state index is -4.79. The van der Waals surface area contributed by atoms with Crippen molar-refractivity contribution in [2.45, 2.75) is 51.1 Å². The first-order chi connectivity index (χ1) is 10.8. The number of piperidine rings is 1. The zero-order valence-electron chi connectivity index (χ0n) is 12.8. The Morgan fingerprint density at radius 2 is 2.13 bits per heavy atom. The number of hydrogen-bond acceptors (Lipinski definition) is 6. The number of nitrogens with one attached hydrogen (secondary N) is 1. The fourth-order valence-corrected chi connectivity index (χ4v) is 3.11. The minimum absolute atomic E-state index is 0.155. The molecule has 2 fully saturated rings. The number of unbranched alkanes of at least 4 members (excludes halogenated alkanes) is 2. The SMILES string of the molecule is CCCCCONC(=O)[C@@H]1CC[C@@H]2CN1C(=O)N2OS(=O)(=O)O. The summed E-state index contributed by atoms with van der Waals surface area (Å²) in [6.07, 6.45) is 3.58. The lowest BCUT2D eigenvalue weighted by Gasteiger charge is -2.28. The standard InChI is InChI=1S/C12H21N3O7S/c1-2-3-4-7-21-13-11(16)10-6-5-9-8-14(10)12(17)15(9)22-23(18,19)20/h9-10H,2-8H2,1H3,(H,13,16)(H,18,19,20)/t9-,10+/m1/s1. The van der Waals surface area contributed by atoms with Crippen molar-refractivity contribution in [1.29, 1.82) is 0 Å². The number of carbonyl (C=O) groups is 2. The molecule has 2 aliphatic rings. The van der Waals surface area contributed by atoms with Gasteiger partial charge >= 0.3 is 16.4 Å². The second-order valence-corrected chi connectivity index (χ2v) is 6.54. The Hall–Kier alpha value is -1.43. The van der Waals surface area contributed by atoms with Crippen molar-refractivity contribution in [3.8, 4) is 0 Å². The van der Waals surface area contributed by atoms with Gasteiger partial charge in [-0.25, -0.2) is 10.3 Å². The molecule has 2 heterocycles. The van der Waals surface area contributed by atoms with Gasteiger partial charge in [-0.3, -0.25) is 14.2 Å². The summed E-state index contributed by atoms with van der Waals surface area (Å²) in [5, 5.41) is 0.602. The lowest BCUT2D eigenvalue weighted by atomic mass is 10.0. The summed E-state index contributed by atoms with van der Waals surface area (Å²) in [4.78, 5) is 30.5. The maximum absolute atomic E-state index is 12.1. The predicted molar refractivity (Wildman–Crippen MR) is 77.0 cm³/mol. The molecule has 0 radical (unpaired) electrons. The third-order valence-corrected chi connectivity index (χ3v) is 4.17.